The van der Waals surface area contributed by atoms with Crippen LogP contribution in [0.5, 0.6) is 0 Å². The average molecular weight is 443 g/mol. The topological polar surface area (TPSA) is 54.7 Å². The van der Waals surface area contributed by atoms with Gasteiger partial charge in [-0.05, 0) is 47.2 Å². The number of fused-ring (bicyclic) bond motifs is 1. The van der Waals surface area contributed by atoms with Gasteiger partial charge in [-0.15, -0.1) is 0 Å². The first-order chi connectivity index (χ1) is 16.2. The summed E-state index contributed by atoms with van der Waals surface area (Å²) < 4.78 is 10.2. The summed E-state index contributed by atoms with van der Waals surface area (Å²) >= 11 is 0. The van der Waals surface area contributed by atoms with E-state index in [4.69, 9.17) is 9.15 Å². The number of nitrogens with one attached hydrogen (secondary N) is 1. The molecule has 3 aromatic rings. The number of methoxy groups -OCH3 is 1. The van der Waals surface area contributed by atoms with Gasteiger partial charge in [0, 0.05) is 31.0 Å². The van der Waals surface area contributed by atoms with E-state index in [1.807, 2.05) is 24.3 Å². The Hall–Kier alpha value is -3.73. The van der Waals surface area contributed by atoms with Crippen molar-refractivity contribution in [1.82, 2.24) is 0 Å². The van der Waals surface area contributed by atoms with Gasteiger partial charge in [-0.25, -0.2) is 0 Å². The van der Waals surface area contributed by atoms with E-state index >= 15 is 0 Å². The summed E-state index contributed by atoms with van der Waals surface area (Å²) in [6.07, 6.45) is 5.64. The minimum absolute atomic E-state index is 0.171. The first-order valence-electron chi connectivity index (χ1n) is 11.3. The van der Waals surface area contributed by atoms with Crippen molar-refractivity contribution in [2.75, 3.05) is 23.9 Å². The van der Waals surface area contributed by atoms with Gasteiger partial charge in [-0.1, -0.05) is 60.7 Å². The minimum atomic E-state index is -0.297. The van der Waals surface area contributed by atoms with E-state index < -0.39 is 0 Å². The Kier molecular flexibility index (Phi) is 7.64. The van der Waals surface area contributed by atoms with E-state index in [0.29, 0.717) is 6.54 Å². The molecule has 170 valence electrons. The molecule has 0 amide bonds. The van der Waals surface area contributed by atoms with E-state index in [1.165, 1.54) is 35.9 Å². The van der Waals surface area contributed by atoms with Crippen LogP contribution in [-0.4, -0.2) is 19.6 Å². The molecule has 5 heteroatoms. The molecule has 0 spiro atoms. The number of hydrogen-bond acceptors (Lipinski definition) is 5. The van der Waals surface area contributed by atoms with Crippen LogP contribution < -0.4 is 10.2 Å². The van der Waals surface area contributed by atoms with Gasteiger partial charge in [-0.3, -0.25) is 4.79 Å². The standard InChI is InChI=1S/C28H30N2O3/c1-32-27(31)18-23-10-5-14-26(15-17-33-21-23)29-19-25-12-6-11-24-13-7-16-30(28(24)25)20-22-8-3-2-4-9-22/h2-6,8-12,14-15,17,21,29H,7,13,16,18-20H2,1H3. The summed E-state index contributed by atoms with van der Waals surface area (Å²) in [5.41, 5.74) is 7.05. The molecule has 0 unspecified atom stereocenters. The van der Waals surface area contributed by atoms with Crippen LogP contribution in [0.25, 0.3) is 0 Å². The summed E-state index contributed by atoms with van der Waals surface area (Å²) in [6.45, 7) is 2.69. The Morgan fingerprint density at radius 2 is 1.82 bits per heavy atom. The summed E-state index contributed by atoms with van der Waals surface area (Å²) in [4.78, 5) is 14.0. The number of ether oxygens (including phenoxy) is 1. The molecule has 4 rings (SSSR count). The normalized spacial score (nSPS) is 12.5. The highest BCUT2D eigenvalue weighted by atomic mass is 16.5. The predicted octanol–water partition coefficient (Wildman–Crippen LogP) is 5.68. The highest BCUT2D eigenvalue weighted by Gasteiger charge is 2.20. The lowest BCUT2D eigenvalue weighted by Gasteiger charge is -2.33. The molecular weight excluding hydrogens is 412 g/mol. The maximum Gasteiger partial charge on any atom is 0.310 e. The zero-order valence-corrected chi connectivity index (χ0v) is 19.0. The van der Waals surface area contributed by atoms with Gasteiger partial charge in [0.05, 0.1) is 26.1 Å². The predicted molar refractivity (Wildman–Crippen MR) is 132 cm³/mol. The van der Waals surface area contributed by atoms with Crippen molar-refractivity contribution in [3.05, 3.63) is 108 Å². The number of esters is 1. The van der Waals surface area contributed by atoms with Gasteiger partial charge in [0.25, 0.3) is 0 Å². The summed E-state index contributed by atoms with van der Waals surface area (Å²) in [7, 11) is 1.38. The molecule has 5 nitrogen and oxygen atoms in total. The number of rotatable bonds is 7. The van der Waals surface area contributed by atoms with Crippen LogP contribution in [0, 0.1) is 0 Å². The third-order valence-corrected chi connectivity index (χ3v) is 5.80. The van der Waals surface area contributed by atoms with Gasteiger partial charge in [-0.2, -0.15) is 0 Å². The molecule has 1 N–H and O–H groups in total. The van der Waals surface area contributed by atoms with Crippen LogP contribution in [-0.2, 0) is 35.5 Å². The Morgan fingerprint density at radius 3 is 2.67 bits per heavy atom. The zero-order valence-electron chi connectivity index (χ0n) is 19.0. The van der Waals surface area contributed by atoms with Crippen LogP contribution in [0.4, 0.5) is 11.4 Å². The molecule has 2 aromatic carbocycles. The highest BCUT2D eigenvalue weighted by Crippen LogP contribution is 2.32. The molecule has 33 heavy (non-hydrogen) atoms. The number of para-hydroxylation sites is 1. The Bertz CT molecular complexity index is 1120. The molecule has 1 aliphatic heterocycles. The van der Waals surface area contributed by atoms with Gasteiger partial charge in [0.2, 0.25) is 0 Å². The first kappa shape index (κ1) is 22.5. The Balaban J connectivity index is 1.52. The minimum Gasteiger partial charge on any atom is -0.472 e. The molecule has 0 fully saturated rings. The molecule has 0 atom stereocenters. The molecular formula is C28H30N2O3. The van der Waals surface area contributed by atoms with Crippen molar-refractivity contribution < 1.29 is 13.9 Å². The Morgan fingerprint density at radius 1 is 1.00 bits per heavy atom. The molecule has 2 heterocycles. The maximum absolute atomic E-state index is 11.5. The second-order valence-electron chi connectivity index (χ2n) is 8.15. The van der Waals surface area contributed by atoms with E-state index in [-0.39, 0.29) is 12.4 Å². The molecule has 1 aliphatic rings. The lowest BCUT2D eigenvalue weighted by atomic mass is 9.97. The van der Waals surface area contributed by atoms with Crippen LogP contribution in [0.1, 0.15) is 28.7 Å². The van der Waals surface area contributed by atoms with Gasteiger partial charge >= 0.3 is 5.97 Å². The molecule has 0 bridgehead atoms. The number of aryl methyl sites for hydroxylation is 1. The number of nitrogens with zero attached hydrogens (tertiary/aromatic N) is 1. The molecule has 0 radical (unpaired) electrons. The van der Waals surface area contributed by atoms with Gasteiger partial charge < -0.3 is 19.4 Å². The Labute approximate surface area is 195 Å². The fourth-order valence-electron chi connectivity index (χ4n) is 4.19. The average Bonchev–Trinajstić information content (AvgIpc) is 2.95. The van der Waals surface area contributed by atoms with Gasteiger partial charge in [0.15, 0.2) is 0 Å². The van der Waals surface area contributed by atoms with Crippen LogP contribution >= 0.6 is 0 Å². The fourth-order valence-corrected chi connectivity index (χ4v) is 4.19. The molecule has 1 aromatic heterocycles. The van der Waals surface area contributed by atoms with Crippen molar-refractivity contribution in [1.29, 1.82) is 0 Å². The van der Waals surface area contributed by atoms with Crippen molar-refractivity contribution in [2.45, 2.75) is 32.4 Å². The molecule has 0 saturated carbocycles. The lowest BCUT2D eigenvalue weighted by molar-refractivity contribution is -0.139. The number of anilines is 2. The highest BCUT2D eigenvalue weighted by molar-refractivity contribution is 5.72. The van der Waals surface area contributed by atoms with Crippen molar-refractivity contribution >= 4 is 17.3 Å². The monoisotopic (exact) mass is 442 g/mol. The van der Waals surface area contributed by atoms with E-state index in [0.717, 1.165) is 30.8 Å². The lowest BCUT2D eigenvalue weighted by Crippen LogP contribution is -2.30. The number of carbonyl (C=O) groups excluding carboxylic acids is 1. The maximum atomic E-state index is 11.5. The van der Waals surface area contributed by atoms with Crippen molar-refractivity contribution in [2.24, 2.45) is 0 Å². The second kappa shape index (κ2) is 11.2. The van der Waals surface area contributed by atoms with Crippen LogP contribution in [0.2, 0.25) is 0 Å². The third kappa shape index (κ3) is 6.16. The number of carbonyl (C=O) groups is 1. The van der Waals surface area contributed by atoms with E-state index in [9.17, 15) is 4.79 Å². The second-order valence-corrected chi connectivity index (χ2v) is 8.15. The SMILES string of the molecule is COC(=O)Cc1cccc(NCc2cccc3c2N(Cc2ccccc2)CCC3)ccoc1. The number of benzene rings is 2. The van der Waals surface area contributed by atoms with E-state index in [1.54, 1.807) is 12.5 Å². The van der Waals surface area contributed by atoms with Crippen molar-refractivity contribution in [3.8, 4) is 0 Å². The fraction of sp³-hybridized carbons (Fsp3) is 0.250. The summed E-state index contributed by atoms with van der Waals surface area (Å²) in [5.74, 6) is -0.297. The molecule has 0 saturated heterocycles. The zero-order chi connectivity index (χ0) is 22.9. The quantitative estimate of drug-likeness (QED) is 0.477. The largest absolute Gasteiger partial charge is 0.472 e. The van der Waals surface area contributed by atoms with Crippen LogP contribution in [0.15, 0.2) is 89.7 Å². The van der Waals surface area contributed by atoms with E-state index in [2.05, 4.69) is 58.7 Å². The smallest absolute Gasteiger partial charge is 0.310 e. The third-order valence-electron chi connectivity index (χ3n) is 5.80. The molecule has 0 aliphatic carbocycles. The number of hydrogen-bond donors (Lipinski definition) is 1. The summed E-state index contributed by atoms with van der Waals surface area (Å²) in [5, 5.41) is 3.54. The van der Waals surface area contributed by atoms with Gasteiger partial charge in [0.1, 0.15) is 0 Å². The summed E-state index contributed by atoms with van der Waals surface area (Å²) in [6, 6.07) is 24.9. The first-order valence-corrected chi connectivity index (χ1v) is 11.3. The van der Waals surface area contributed by atoms with Crippen LogP contribution in [0.3, 0.4) is 0 Å². The van der Waals surface area contributed by atoms with Crippen molar-refractivity contribution in [3.63, 3.8) is 0 Å².